The minimum Gasteiger partial charge on any atom is -0.343 e. The van der Waals surface area contributed by atoms with Crippen molar-refractivity contribution in [2.45, 2.75) is 12.7 Å². The molecule has 0 radical (unpaired) electrons. The normalized spacial score (nSPS) is 17.5. The van der Waals surface area contributed by atoms with Crippen LogP contribution >= 0.6 is 0 Å². The van der Waals surface area contributed by atoms with Crippen molar-refractivity contribution in [1.29, 1.82) is 0 Å². The second-order valence-electron chi connectivity index (χ2n) is 4.62. The number of hydrogen-bond donors (Lipinski definition) is 0. The molecule has 0 spiro atoms. The quantitative estimate of drug-likeness (QED) is 0.786. The van der Waals surface area contributed by atoms with Gasteiger partial charge in [-0.05, 0) is 11.6 Å². The van der Waals surface area contributed by atoms with Gasteiger partial charge in [-0.1, -0.05) is 18.2 Å². The van der Waals surface area contributed by atoms with Crippen LogP contribution in [0.1, 0.15) is 11.1 Å². The van der Waals surface area contributed by atoms with Crippen LogP contribution < -0.4 is 0 Å². The summed E-state index contributed by atoms with van der Waals surface area (Å²) < 4.78 is 37.8. The lowest BCUT2D eigenvalue weighted by atomic mass is 10.1. The number of amides is 1. The Balaban J connectivity index is 1.98. The molecule has 1 aromatic carbocycles. The van der Waals surface area contributed by atoms with E-state index in [0.29, 0.717) is 38.3 Å². The number of hydrogen-bond acceptors (Lipinski definition) is 2. The van der Waals surface area contributed by atoms with Gasteiger partial charge in [0.2, 0.25) is 6.41 Å². The van der Waals surface area contributed by atoms with Crippen LogP contribution in [0, 0.1) is 0 Å². The van der Waals surface area contributed by atoms with Crippen LogP contribution in [0.4, 0.5) is 13.2 Å². The van der Waals surface area contributed by atoms with Gasteiger partial charge in [-0.25, -0.2) is 0 Å². The molecule has 0 saturated carbocycles. The fraction of sp³-hybridized carbons (Fsp3) is 0.462. The largest absolute Gasteiger partial charge is 0.416 e. The minimum atomic E-state index is -4.30. The van der Waals surface area contributed by atoms with Crippen molar-refractivity contribution < 1.29 is 18.0 Å². The second kappa shape index (κ2) is 5.61. The summed E-state index contributed by atoms with van der Waals surface area (Å²) in [5.74, 6) is 0. The van der Waals surface area contributed by atoms with Crippen molar-refractivity contribution in [2.75, 3.05) is 26.2 Å². The zero-order valence-corrected chi connectivity index (χ0v) is 10.4. The van der Waals surface area contributed by atoms with Crippen molar-refractivity contribution in [3.8, 4) is 0 Å². The summed E-state index contributed by atoms with van der Waals surface area (Å²) >= 11 is 0. The number of benzene rings is 1. The summed E-state index contributed by atoms with van der Waals surface area (Å²) in [7, 11) is 0. The highest BCUT2D eigenvalue weighted by Crippen LogP contribution is 2.29. The smallest absolute Gasteiger partial charge is 0.343 e. The van der Waals surface area contributed by atoms with E-state index >= 15 is 0 Å². The number of nitrogens with zero attached hydrogens (tertiary/aromatic N) is 2. The number of piperazine rings is 1. The third-order valence-corrected chi connectivity index (χ3v) is 3.22. The first-order chi connectivity index (χ1) is 8.99. The highest BCUT2D eigenvalue weighted by Gasteiger charge is 2.30. The Morgan fingerprint density at radius 3 is 2.42 bits per heavy atom. The van der Waals surface area contributed by atoms with Gasteiger partial charge in [0.05, 0.1) is 5.56 Å². The fourth-order valence-electron chi connectivity index (χ4n) is 2.13. The highest BCUT2D eigenvalue weighted by molar-refractivity contribution is 5.47. The SMILES string of the molecule is O=CN1CCN(Cc2cccc(C(F)(F)F)c2)CC1. The van der Waals surface area contributed by atoms with E-state index in [1.54, 1.807) is 11.0 Å². The predicted octanol–water partition coefficient (Wildman–Crippen LogP) is 1.98. The van der Waals surface area contributed by atoms with E-state index in [1.807, 2.05) is 0 Å². The van der Waals surface area contributed by atoms with E-state index in [4.69, 9.17) is 0 Å². The third-order valence-electron chi connectivity index (χ3n) is 3.22. The Labute approximate surface area is 109 Å². The van der Waals surface area contributed by atoms with Crippen LogP contribution in [0.2, 0.25) is 0 Å². The first-order valence-corrected chi connectivity index (χ1v) is 6.07. The Morgan fingerprint density at radius 2 is 1.84 bits per heavy atom. The number of halogens is 3. The molecule has 104 valence electrons. The standard InChI is InChI=1S/C13H15F3N2O/c14-13(15,16)12-3-1-2-11(8-12)9-17-4-6-18(10-19)7-5-17/h1-3,8,10H,4-7,9H2. The van der Waals surface area contributed by atoms with Gasteiger partial charge >= 0.3 is 6.18 Å². The molecule has 1 aliphatic rings. The molecule has 1 saturated heterocycles. The Kier molecular flexibility index (Phi) is 4.09. The molecule has 0 atom stereocenters. The average Bonchev–Trinajstić information content (AvgIpc) is 2.39. The van der Waals surface area contributed by atoms with Crippen LogP contribution in [0.5, 0.6) is 0 Å². The lowest BCUT2D eigenvalue weighted by Gasteiger charge is -2.32. The maximum atomic E-state index is 12.6. The van der Waals surface area contributed by atoms with Crippen molar-refractivity contribution >= 4 is 6.41 Å². The molecular weight excluding hydrogens is 257 g/mol. The van der Waals surface area contributed by atoms with E-state index in [9.17, 15) is 18.0 Å². The van der Waals surface area contributed by atoms with E-state index in [-0.39, 0.29) is 0 Å². The van der Waals surface area contributed by atoms with Crippen molar-refractivity contribution in [3.63, 3.8) is 0 Å². The van der Waals surface area contributed by atoms with Gasteiger partial charge < -0.3 is 4.90 Å². The first kappa shape index (κ1) is 13.9. The van der Waals surface area contributed by atoms with Gasteiger partial charge in [0.1, 0.15) is 0 Å². The van der Waals surface area contributed by atoms with Crippen LogP contribution in [0.25, 0.3) is 0 Å². The summed E-state index contributed by atoms with van der Waals surface area (Å²) in [6.45, 7) is 3.12. The van der Waals surface area contributed by atoms with Gasteiger partial charge in [-0.2, -0.15) is 13.2 Å². The third kappa shape index (κ3) is 3.70. The molecule has 1 fully saturated rings. The zero-order chi connectivity index (χ0) is 13.9. The molecule has 0 bridgehead atoms. The van der Waals surface area contributed by atoms with E-state index in [2.05, 4.69) is 4.90 Å². The van der Waals surface area contributed by atoms with E-state index < -0.39 is 11.7 Å². The van der Waals surface area contributed by atoms with Crippen LogP contribution in [-0.2, 0) is 17.5 Å². The maximum absolute atomic E-state index is 12.6. The Hall–Kier alpha value is -1.56. The van der Waals surface area contributed by atoms with Crippen molar-refractivity contribution in [1.82, 2.24) is 9.80 Å². The van der Waals surface area contributed by atoms with Crippen molar-refractivity contribution in [2.24, 2.45) is 0 Å². The molecule has 1 aliphatic heterocycles. The highest BCUT2D eigenvalue weighted by atomic mass is 19.4. The van der Waals surface area contributed by atoms with Crippen LogP contribution in [0.15, 0.2) is 24.3 Å². The summed E-state index contributed by atoms with van der Waals surface area (Å²) in [5.41, 5.74) is 0.0332. The van der Waals surface area contributed by atoms with E-state index in [1.165, 1.54) is 12.1 Å². The van der Waals surface area contributed by atoms with Gasteiger partial charge in [0.25, 0.3) is 0 Å². The van der Waals surface area contributed by atoms with E-state index in [0.717, 1.165) is 12.5 Å². The molecule has 0 N–H and O–H groups in total. The molecule has 0 aromatic heterocycles. The number of carbonyl (C=O) groups is 1. The molecular formula is C13H15F3N2O. The minimum absolute atomic E-state index is 0.483. The maximum Gasteiger partial charge on any atom is 0.416 e. The Bertz CT molecular complexity index is 440. The van der Waals surface area contributed by atoms with Crippen molar-refractivity contribution in [3.05, 3.63) is 35.4 Å². The molecule has 1 amide bonds. The predicted molar refractivity (Wildman–Crippen MR) is 64.4 cm³/mol. The topological polar surface area (TPSA) is 23.6 Å². The first-order valence-electron chi connectivity index (χ1n) is 6.07. The molecule has 3 nitrogen and oxygen atoms in total. The zero-order valence-electron chi connectivity index (χ0n) is 10.4. The molecule has 1 heterocycles. The lowest BCUT2D eigenvalue weighted by Crippen LogP contribution is -2.45. The Morgan fingerprint density at radius 1 is 1.16 bits per heavy atom. The van der Waals surface area contributed by atoms with Crippen LogP contribution in [-0.4, -0.2) is 42.4 Å². The number of rotatable bonds is 3. The molecule has 6 heteroatoms. The van der Waals surface area contributed by atoms with Gasteiger partial charge in [0, 0.05) is 32.7 Å². The molecule has 0 aliphatic carbocycles. The summed E-state index contributed by atoms with van der Waals surface area (Å²) in [5, 5.41) is 0. The lowest BCUT2D eigenvalue weighted by molar-refractivity contribution is -0.137. The van der Waals surface area contributed by atoms with Gasteiger partial charge in [-0.15, -0.1) is 0 Å². The van der Waals surface area contributed by atoms with Crippen LogP contribution in [0.3, 0.4) is 0 Å². The molecule has 19 heavy (non-hydrogen) atoms. The summed E-state index contributed by atoms with van der Waals surface area (Å²) in [4.78, 5) is 14.3. The average molecular weight is 272 g/mol. The molecule has 0 unspecified atom stereocenters. The fourth-order valence-corrected chi connectivity index (χ4v) is 2.13. The second-order valence-corrected chi connectivity index (χ2v) is 4.62. The number of carbonyl (C=O) groups excluding carboxylic acids is 1. The molecule has 2 rings (SSSR count). The van der Waals surface area contributed by atoms with Gasteiger partial charge in [0.15, 0.2) is 0 Å². The summed E-state index contributed by atoms with van der Waals surface area (Å²) in [6, 6.07) is 5.39. The summed E-state index contributed by atoms with van der Waals surface area (Å²) in [6.07, 6.45) is -3.49. The molecule has 1 aromatic rings. The van der Waals surface area contributed by atoms with Gasteiger partial charge in [-0.3, -0.25) is 9.69 Å². The monoisotopic (exact) mass is 272 g/mol. The number of alkyl halides is 3.